The van der Waals surface area contributed by atoms with E-state index in [2.05, 4.69) is 20.3 Å². The molecule has 0 spiro atoms. The molecule has 31 heavy (non-hydrogen) atoms. The summed E-state index contributed by atoms with van der Waals surface area (Å²) in [6.45, 7) is 4.26. The number of aryl methyl sites for hydroxylation is 1. The second-order valence-corrected chi connectivity index (χ2v) is 7.40. The van der Waals surface area contributed by atoms with Crippen LogP contribution in [0.4, 0.5) is 10.1 Å². The van der Waals surface area contributed by atoms with Crippen molar-refractivity contribution in [3.05, 3.63) is 72.1 Å². The van der Waals surface area contributed by atoms with Crippen LogP contribution >= 0.6 is 0 Å². The van der Waals surface area contributed by atoms with Gasteiger partial charge in [0, 0.05) is 67.5 Å². The van der Waals surface area contributed by atoms with E-state index in [4.69, 9.17) is 4.74 Å². The Hall–Kier alpha value is -3.36. The van der Waals surface area contributed by atoms with Crippen molar-refractivity contribution >= 4 is 17.7 Å². The Morgan fingerprint density at radius 2 is 1.97 bits per heavy atom. The molecule has 0 aliphatic carbocycles. The van der Waals surface area contributed by atoms with E-state index in [0.717, 1.165) is 39.0 Å². The van der Waals surface area contributed by atoms with Crippen molar-refractivity contribution in [2.24, 2.45) is 7.05 Å². The van der Waals surface area contributed by atoms with Crippen LogP contribution < -0.4 is 5.32 Å². The fourth-order valence-corrected chi connectivity index (χ4v) is 3.49. The summed E-state index contributed by atoms with van der Waals surface area (Å²) < 4.78 is 21.3. The van der Waals surface area contributed by atoms with E-state index in [-0.39, 0.29) is 5.91 Å². The molecule has 2 aromatic heterocycles. The number of nitrogens with one attached hydrogen (secondary N) is 1. The molecule has 0 unspecified atom stereocenters. The zero-order valence-electron chi connectivity index (χ0n) is 17.3. The maximum absolute atomic E-state index is 14.4. The number of carbonyl (C=O) groups excluding carboxylic acids is 1. The van der Waals surface area contributed by atoms with Gasteiger partial charge in [0.25, 0.3) is 0 Å². The van der Waals surface area contributed by atoms with Crippen LogP contribution in [0.2, 0.25) is 0 Å². The molecule has 0 saturated carbocycles. The number of rotatable bonds is 6. The molecule has 0 bridgehead atoms. The minimum atomic E-state index is -0.466. The van der Waals surface area contributed by atoms with Crippen LogP contribution in [0.15, 0.2) is 55.1 Å². The molecule has 1 fully saturated rings. The molecule has 4 rings (SSSR count). The molecule has 0 radical (unpaired) electrons. The molecule has 1 N–H and O–H groups in total. The third-order valence-electron chi connectivity index (χ3n) is 5.07. The van der Waals surface area contributed by atoms with Gasteiger partial charge in [0.15, 0.2) is 0 Å². The Morgan fingerprint density at radius 1 is 1.19 bits per heavy atom. The molecular weight excluding hydrogens is 397 g/mol. The summed E-state index contributed by atoms with van der Waals surface area (Å²) in [4.78, 5) is 18.6. The molecule has 3 aromatic rings. The third-order valence-corrected chi connectivity index (χ3v) is 5.07. The first kappa shape index (κ1) is 20.9. The van der Waals surface area contributed by atoms with Crippen molar-refractivity contribution in [3.63, 3.8) is 0 Å². The van der Waals surface area contributed by atoms with Gasteiger partial charge >= 0.3 is 0 Å². The van der Waals surface area contributed by atoms with Crippen LogP contribution in [0.25, 0.3) is 17.2 Å². The number of nitrogens with zero attached hydrogens (tertiary/aromatic N) is 4. The first-order valence-electron chi connectivity index (χ1n) is 10.1. The van der Waals surface area contributed by atoms with Gasteiger partial charge in [-0.2, -0.15) is 5.10 Å². The Bertz CT molecular complexity index is 1070. The van der Waals surface area contributed by atoms with Crippen LogP contribution in [0.1, 0.15) is 11.1 Å². The number of halogens is 1. The van der Waals surface area contributed by atoms with Crippen molar-refractivity contribution < 1.29 is 13.9 Å². The van der Waals surface area contributed by atoms with E-state index in [1.165, 1.54) is 17.8 Å². The largest absolute Gasteiger partial charge is 0.379 e. The number of amides is 1. The highest BCUT2D eigenvalue weighted by Crippen LogP contribution is 2.26. The van der Waals surface area contributed by atoms with E-state index in [1.54, 1.807) is 30.2 Å². The predicted molar refractivity (Wildman–Crippen MR) is 117 cm³/mol. The summed E-state index contributed by atoms with van der Waals surface area (Å²) in [6, 6.07) is 7.77. The normalized spacial score (nSPS) is 14.8. The van der Waals surface area contributed by atoms with Crippen molar-refractivity contribution in [3.8, 4) is 11.1 Å². The number of benzene rings is 1. The Labute approximate surface area is 180 Å². The maximum atomic E-state index is 14.4. The molecule has 1 aromatic carbocycles. The summed E-state index contributed by atoms with van der Waals surface area (Å²) in [6.07, 6.45) is 8.90. The number of anilines is 1. The number of ether oxygens (including phenoxy) is 1. The molecular formula is C23H24FN5O2. The van der Waals surface area contributed by atoms with Gasteiger partial charge in [-0.15, -0.1) is 0 Å². The molecule has 7 nitrogen and oxygen atoms in total. The first-order chi connectivity index (χ1) is 15.1. The number of hydrogen-bond acceptors (Lipinski definition) is 5. The molecule has 8 heteroatoms. The zero-order chi connectivity index (χ0) is 21.6. The Balaban J connectivity index is 1.40. The van der Waals surface area contributed by atoms with E-state index < -0.39 is 5.82 Å². The lowest BCUT2D eigenvalue weighted by molar-refractivity contribution is -0.111. The summed E-state index contributed by atoms with van der Waals surface area (Å²) in [5, 5.41) is 6.92. The van der Waals surface area contributed by atoms with Crippen molar-refractivity contribution in [1.82, 2.24) is 19.7 Å². The lowest BCUT2D eigenvalue weighted by Crippen LogP contribution is -2.35. The van der Waals surface area contributed by atoms with Gasteiger partial charge in [-0.3, -0.25) is 19.4 Å². The van der Waals surface area contributed by atoms with E-state index in [1.807, 2.05) is 24.3 Å². The molecule has 3 heterocycles. The highest BCUT2D eigenvalue weighted by atomic mass is 19.1. The monoisotopic (exact) mass is 421 g/mol. The fourth-order valence-electron chi connectivity index (χ4n) is 3.49. The minimum absolute atomic E-state index is 0.303. The average Bonchev–Trinajstić information content (AvgIpc) is 3.20. The summed E-state index contributed by atoms with van der Waals surface area (Å²) >= 11 is 0. The van der Waals surface area contributed by atoms with Gasteiger partial charge in [0.05, 0.1) is 25.6 Å². The van der Waals surface area contributed by atoms with Crippen LogP contribution in [-0.2, 0) is 23.1 Å². The summed E-state index contributed by atoms with van der Waals surface area (Å²) in [7, 11) is 1.76. The molecule has 1 aliphatic rings. The fraction of sp³-hybridized carbons (Fsp3) is 0.261. The summed E-state index contributed by atoms with van der Waals surface area (Å²) in [5.74, 6) is -0.770. The number of aromatic nitrogens is 3. The van der Waals surface area contributed by atoms with E-state index >= 15 is 0 Å². The van der Waals surface area contributed by atoms with Crippen LogP contribution in [-0.4, -0.2) is 51.9 Å². The molecule has 1 saturated heterocycles. The number of hydrogen-bond donors (Lipinski definition) is 1. The topological polar surface area (TPSA) is 72.3 Å². The highest BCUT2D eigenvalue weighted by Gasteiger charge is 2.13. The van der Waals surface area contributed by atoms with Crippen molar-refractivity contribution in [2.75, 3.05) is 31.6 Å². The lowest BCUT2D eigenvalue weighted by atomic mass is 10.0. The van der Waals surface area contributed by atoms with Gasteiger partial charge < -0.3 is 10.1 Å². The lowest BCUT2D eigenvalue weighted by Gasteiger charge is -2.26. The number of carbonyl (C=O) groups is 1. The van der Waals surface area contributed by atoms with Crippen LogP contribution in [0, 0.1) is 5.82 Å². The number of pyridine rings is 1. The van der Waals surface area contributed by atoms with Crippen LogP contribution in [0.3, 0.4) is 0 Å². The zero-order valence-corrected chi connectivity index (χ0v) is 17.3. The quantitative estimate of drug-likeness (QED) is 0.620. The van der Waals surface area contributed by atoms with Crippen LogP contribution in [0.5, 0.6) is 0 Å². The third kappa shape index (κ3) is 5.42. The Kier molecular flexibility index (Phi) is 6.49. The van der Waals surface area contributed by atoms with E-state index in [9.17, 15) is 9.18 Å². The van der Waals surface area contributed by atoms with Gasteiger partial charge in [-0.05, 0) is 23.8 Å². The highest BCUT2D eigenvalue weighted by molar-refractivity contribution is 6.02. The SMILES string of the molecule is Cn1cc(-c2c(F)cncc2/C=C/C(=O)Nc2ccc(CN3CCOCC3)cc2)cn1. The molecule has 0 atom stereocenters. The van der Waals surface area contributed by atoms with Gasteiger partial charge in [-0.1, -0.05) is 12.1 Å². The second-order valence-electron chi connectivity index (χ2n) is 7.40. The average molecular weight is 421 g/mol. The standard InChI is InChI=1S/C23H24FN5O2/c1-28-16-19(13-26-28)23-18(12-25-14-21(23)24)4-7-22(30)27-20-5-2-17(3-6-20)15-29-8-10-31-11-9-29/h2-7,12-14,16H,8-11,15H2,1H3,(H,27,30)/b7-4+. The van der Waals surface area contributed by atoms with Crippen molar-refractivity contribution in [1.29, 1.82) is 0 Å². The minimum Gasteiger partial charge on any atom is -0.379 e. The van der Waals surface area contributed by atoms with Gasteiger partial charge in [0.1, 0.15) is 5.82 Å². The van der Waals surface area contributed by atoms with Crippen molar-refractivity contribution in [2.45, 2.75) is 6.54 Å². The first-order valence-corrected chi connectivity index (χ1v) is 10.1. The predicted octanol–water partition coefficient (Wildman–Crippen LogP) is 3.11. The second kappa shape index (κ2) is 9.63. The smallest absolute Gasteiger partial charge is 0.248 e. The molecule has 160 valence electrons. The molecule has 1 aliphatic heterocycles. The van der Waals surface area contributed by atoms with Gasteiger partial charge in [0.2, 0.25) is 5.91 Å². The number of morpholine rings is 1. The Morgan fingerprint density at radius 3 is 2.68 bits per heavy atom. The van der Waals surface area contributed by atoms with Gasteiger partial charge in [-0.25, -0.2) is 4.39 Å². The summed E-state index contributed by atoms with van der Waals surface area (Å²) in [5.41, 5.74) is 3.37. The maximum Gasteiger partial charge on any atom is 0.248 e. The molecule has 1 amide bonds. The van der Waals surface area contributed by atoms with E-state index in [0.29, 0.717) is 22.4 Å².